The van der Waals surface area contributed by atoms with Gasteiger partial charge in [-0.3, -0.25) is 9.36 Å². The Balaban J connectivity index is 1.69. The topological polar surface area (TPSA) is 34.0 Å². The molecule has 0 amide bonds. The van der Waals surface area contributed by atoms with E-state index < -0.39 is 0 Å². The first-order valence-electron chi connectivity index (χ1n) is 6.81. The second-order valence-corrected chi connectivity index (χ2v) is 4.96. The van der Waals surface area contributed by atoms with Crippen LogP contribution in [-0.2, 0) is 19.4 Å². The first kappa shape index (κ1) is 12.2. The van der Waals surface area contributed by atoms with Crippen LogP contribution in [0.1, 0.15) is 28.0 Å². The molecule has 2 heterocycles. The van der Waals surface area contributed by atoms with Crippen molar-refractivity contribution in [1.82, 2.24) is 9.88 Å². The molecule has 1 aromatic heterocycles. The van der Waals surface area contributed by atoms with Crippen molar-refractivity contribution in [2.75, 3.05) is 6.54 Å². The largest absolute Gasteiger partial charge is 0.312 e. The Bertz CT molecular complexity index is 572. The molecule has 98 valence electrons. The van der Waals surface area contributed by atoms with Crippen molar-refractivity contribution < 1.29 is 4.79 Å². The first-order valence-corrected chi connectivity index (χ1v) is 6.81. The maximum atomic E-state index is 12.3. The van der Waals surface area contributed by atoms with E-state index in [0.717, 1.165) is 25.9 Å². The van der Waals surface area contributed by atoms with Gasteiger partial charge in [0.2, 0.25) is 5.91 Å². The summed E-state index contributed by atoms with van der Waals surface area (Å²) in [4.78, 5) is 12.3. The number of benzene rings is 1. The van der Waals surface area contributed by atoms with Gasteiger partial charge in [-0.2, -0.15) is 0 Å². The summed E-state index contributed by atoms with van der Waals surface area (Å²) in [5.41, 5.74) is 3.68. The summed E-state index contributed by atoms with van der Waals surface area (Å²) in [6, 6.07) is 12.2. The van der Waals surface area contributed by atoms with Crippen LogP contribution >= 0.6 is 0 Å². The van der Waals surface area contributed by atoms with Crippen LogP contribution in [0, 0.1) is 0 Å². The molecule has 2 aromatic rings. The van der Waals surface area contributed by atoms with Crippen LogP contribution in [0.3, 0.4) is 0 Å². The van der Waals surface area contributed by atoms with Gasteiger partial charge >= 0.3 is 0 Å². The maximum Gasteiger partial charge on any atom is 0.231 e. The van der Waals surface area contributed by atoms with E-state index in [1.807, 2.05) is 29.0 Å². The fourth-order valence-electron chi connectivity index (χ4n) is 2.63. The zero-order valence-electron chi connectivity index (χ0n) is 10.9. The lowest BCUT2D eigenvalue weighted by molar-refractivity contribution is 0.0899. The van der Waals surface area contributed by atoms with E-state index in [4.69, 9.17) is 0 Å². The summed E-state index contributed by atoms with van der Waals surface area (Å²) in [5, 5.41) is 3.33. The van der Waals surface area contributed by atoms with Gasteiger partial charge in [0.15, 0.2) is 0 Å². The number of nitrogens with zero attached hydrogens (tertiary/aromatic N) is 1. The third-order valence-corrected chi connectivity index (χ3v) is 3.68. The summed E-state index contributed by atoms with van der Waals surface area (Å²) in [6.07, 6.45) is 4.24. The van der Waals surface area contributed by atoms with E-state index in [1.54, 1.807) is 0 Å². The van der Waals surface area contributed by atoms with E-state index in [0.29, 0.717) is 6.42 Å². The molecule has 3 nitrogen and oxygen atoms in total. The van der Waals surface area contributed by atoms with Gasteiger partial charge < -0.3 is 5.32 Å². The first-order chi connectivity index (χ1) is 9.34. The molecular formula is C16H18N2O. The van der Waals surface area contributed by atoms with Gasteiger partial charge in [-0.25, -0.2) is 0 Å². The number of carbonyl (C=O) groups excluding carboxylic acids is 1. The maximum absolute atomic E-state index is 12.3. The molecule has 0 fully saturated rings. The fraction of sp³-hybridized carbons (Fsp3) is 0.312. The van der Waals surface area contributed by atoms with Crippen molar-refractivity contribution in [3.63, 3.8) is 0 Å². The smallest absolute Gasteiger partial charge is 0.231 e. The summed E-state index contributed by atoms with van der Waals surface area (Å²) in [7, 11) is 0. The highest BCUT2D eigenvalue weighted by Crippen LogP contribution is 2.16. The summed E-state index contributed by atoms with van der Waals surface area (Å²) in [6.45, 7) is 1.84. The van der Waals surface area contributed by atoms with Crippen molar-refractivity contribution in [3.05, 3.63) is 59.4 Å². The number of carbonyl (C=O) groups is 1. The van der Waals surface area contributed by atoms with E-state index in [1.165, 1.54) is 16.8 Å². The van der Waals surface area contributed by atoms with E-state index in [9.17, 15) is 4.79 Å². The Kier molecular flexibility index (Phi) is 3.47. The van der Waals surface area contributed by atoms with Crippen molar-refractivity contribution in [2.24, 2.45) is 0 Å². The van der Waals surface area contributed by atoms with Gasteiger partial charge in [0.1, 0.15) is 0 Å². The standard InChI is InChI=1S/C16H18N2O/c19-16(7-6-13-4-2-1-3-5-13)18-11-9-14-12-17-10-8-15(14)18/h1-5,9,11,17H,6-8,10,12H2. The molecule has 1 aliphatic rings. The average molecular weight is 254 g/mol. The Labute approximate surface area is 113 Å². The Morgan fingerprint density at radius 3 is 2.89 bits per heavy atom. The quantitative estimate of drug-likeness (QED) is 0.912. The molecule has 0 radical (unpaired) electrons. The number of nitrogens with one attached hydrogen (secondary N) is 1. The molecule has 1 N–H and O–H groups in total. The molecule has 0 unspecified atom stereocenters. The Morgan fingerprint density at radius 1 is 1.21 bits per heavy atom. The minimum atomic E-state index is 0.201. The Morgan fingerprint density at radius 2 is 2.05 bits per heavy atom. The minimum Gasteiger partial charge on any atom is -0.312 e. The highest BCUT2D eigenvalue weighted by Gasteiger charge is 2.16. The van der Waals surface area contributed by atoms with Crippen molar-refractivity contribution in [1.29, 1.82) is 0 Å². The molecule has 0 atom stereocenters. The highest BCUT2D eigenvalue weighted by molar-refractivity contribution is 5.80. The molecule has 0 saturated carbocycles. The average Bonchev–Trinajstić information content (AvgIpc) is 2.90. The molecular weight excluding hydrogens is 236 g/mol. The lowest BCUT2D eigenvalue weighted by atomic mass is 10.1. The van der Waals surface area contributed by atoms with E-state index in [2.05, 4.69) is 23.5 Å². The van der Waals surface area contributed by atoms with E-state index in [-0.39, 0.29) is 5.91 Å². The lowest BCUT2D eigenvalue weighted by Crippen LogP contribution is -2.26. The third-order valence-electron chi connectivity index (χ3n) is 3.68. The molecule has 3 heteroatoms. The normalized spacial score (nSPS) is 14.1. The second kappa shape index (κ2) is 5.41. The molecule has 0 bridgehead atoms. The molecule has 0 saturated heterocycles. The predicted molar refractivity (Wildman–Crippen MR) is 75.2 cm³/mol. The van der Waals surface area contributed by atoms with Crippen molar-refractivity contribution >= 4 is 5.91 Å². The monoisotopic (exact) mass is 254 g/mol. The molecule has 1 aromatic carbocycles. The van der Waals surface area contributed by atoms with E-state index >= 15 is 0 Å². The lowest BCUT2D eigenvalue weighted by Gasteiger charge is -2.16. The van der Waals surface area contributed by atoms with Gasteiger partial charge in [-0.1, -0.05) is 30.3 Å². The van der Waals surface area contributed by atoms with Crippen molar-refractivity contribution in [3.8, 4) is 0 Å². The minimum absolute atomic E-state index is 0.201. The number of fused-ring (bicyclic) bond motifs is 1. The second-order valence-electron chi connectivity index (χ2n) is 4.96. The number of aromatic nitrogens is 1. The van der Waals surface area contributed by atoms with Crippen LogP contribution in [0.5, 0.6) is 0 Å². The zero-order valence-corrected chi connectivity index (χ0v) is 10.9. The predicted octanol–water partition coefficient (Wildman–Crippen LogP) is 2.41. The van der Waals surface area contributed by atoms with Crippen LogP contribution in [-0.4, -0.2) is 17.0 Å². The van der Waals surface area contributed by atoms with Crippen LogP contribution < -0.4 is 5.32 Å². The Hall–Kier alpha value is -1.87. The molecule has 1 aliphatic heterocycles. The van der Waals surface area contributed by atoms with Crippen LogP contribution in [0.2, 0.25) is 0 Å². The zero-order chi connectivity index (χ0) is 13.1. The molecule has 0 spiro atoms. The summed E-state index contributed by atoms with van der Waals surface area (Å²) >= 11 is 0. The van der Waals surface area contributed by atoms with Crippen molar-refractivity contribution in [2.45, 2.75) is 25.8 Å². The third kappa shape index (κ3) is 2.61. The number of aryl methyl sites for hydroxylation is 1. The number of rotatable bonds is 3. The van der Waals surface area contributed by atoms with Crippen LogP contribution in [0.15, 0.2) is 42.6 Å². The van der Waals surface area contributed by atoms with Gasteiger partial charge in [-0.05, 0) is 23.6 Å². The number of hydrogen-bond donors (Lipinski definition) is 1. The summed E-state index contributed by atoms with van der Waals surface area (Å²) < 4.78 is 1.85. The van der Waals surface area contributed by atoms with Crippen LogP contribution in [0.4, 0.5) is 0 Å². The van der Waals surface area contributed by atoms with Gasteiger partial charge in [0, 0.05) is 37.8 Å². The van der Waals surface area contributed by atoms with Gasteiger partial charge in [-0.15, -0.1) is 0 Å². The van der Waals surface area contributed by atoms with Gasteiger partial charge in [0.25, 0.3) is 0 Å². The SMILES string of the molecule is O=C(CCc1ccccc1)n1ccc2c1CCNC2. The highest BCUT2D eigenvalue weighted by atomic mass is 16.2. The number of hydrogen-bond acceptors (Lipinski definition) is 2. The fourth-order valence-corrected chi connectivity index (χ4v) is 2.63. The molecule has 19 heavy (non-hydrogen) atoms. The van der Waals surface area contributed by atoms with Crippen LogP contribution in [0.25, 0.3) is 0 Å². The molecule has 3 rings (SSSR count). The summed E-state index contributed by atoms with van der Waals surface area (Å²) in [5.74, 6) is 0.201. The van der Waals surface area contributed by atoms with Gasteiger partial charge in [0.05, 0.1) is 0 Å². The molecule has 0 aliphatic carbocycles.